The molecule has 0 atom stereocenters. The number of aromatic nitrogens is 3. The van der Waals surface area contributed by atoms with E-state index in [1.54, 1.807) is 25.4 Å². The molecule has 0 saturated heterocycles. The van der Waals surface area contributed by atoms with E-state index in [0.717, 1.165) is 0 Å². The summed E-state index contributed by atoms with van der Waals surface area (Å²) in [5.74, 6) is -0.0250. The minimum atomic E-state index is -0.266. The molecule has 2 rings (SSSR count). The zero-order valence-electron chi connectivity index (χ0n) is 9.01. The Balaban J connectivity index is 2.42. The van der Waals surface area contributed by atoms with Crippen LogP contribution >= 0.6 is 11.6 Å². The topological polar surface area (TPSA) is 85.8 Å². The average Bonchev–Trinajstić information content (AvgIpc) is 2.69. The number of nitrogen functional groups attached to an aromatic ring is 1. The maximum atomic E-state index is 11.4. The smallest absolute Gasteiger partial charge is 0.269 e. The van der Waals surface area contributed by atoms with Crippen LogP contribution in [0.1, 0.15) is 10.5 Å². The lowest BCUT2D eigenvalue weighted by atomic mass is 10.3. The number of hydrogen-bond acceptors (Lipinski definition) is 4. The predicted molar refractivity (Wildman–Crippen MR) is 64.2 cm³/mol. The SMILES string of the molecule is CNC(=O)c1cc(-n2cc(Cl)c(N)n2)ccn1. The molecule has 0 bridgehead atoms. The van der Waals surface area contributed by atoms with Gasteiger partial charge in [-0.15, -0.1) is 5.10 Å². The molecule has 0 saturated carbocycles. The van der Waals surface area contributed by atoms with Gasteiger partial charge >= 0.3 is 0 Å². The highest BCUT2D eigenvalue weighted by Crippen LogP contribution is 2.18. The molecule has 2 aromatic rings. The normalized spacial score (nSPS) is 10.2. The van der Waals surface area contributed by atoms with E-state index in [4.69, 9.17) is 17.3 Å². The van der Waals surface area contributed by atoms with Crippen molar-refractivity contribution in [3.8, 4) is 5.69 Å². The second-order valence-corrected chi connectivity index (χ2v) is 3.69. The molecule has 1 amide bonds. The van der Waals surface area contributed by atoms with E-state index >= 15 is 0 Å². The Hall–Kier alpha value is -2.08. The Morgan fingerprint density at radius 3 is 2.94 bits per heavy atom. The molecule has 0 aliphatic rings. The highest BCUT2D eigenvalue weighted by Gasteiger charge is 2.08. The quantitative estimate of drug-likeness (QED) is 0.829. The first-order valence-corrected chi connectivity index (χ1v) is 5.18. The molecule has 0 fully saturated rings. The number of carbonyl (C=O) groups excluding carboxylic acids is 1. The Labute approximate surface area is 102 Å². The fourth-order valence-electron chi connectivity index (χ4n) is 1.31. The van der Waals surface area contributed by atoms with Crippen LogP contribution < -0.4 is 11.1 Å². The molecule has 0 aliphatic heterocycles. The molecule has 7 heteroatoms. The first-order chi connectivity index (χ1) is 8.11. The number of pyridine rings is 1. The monoisotopic (exact) mass is 251 g/mol. The molecule has 17 heavy (non-hydrogen) atoms. The van der Waals surface area contributed by atoms with Gasteiger partial charge in [-0.2, -0.15) is 0 Å². The van der Waals surface area contributed by atoms with Crippen molar-refractivity contribution in [1.82, 2.24) is 20.1 Å². The average molecular weight is 252 g/mol. The van der Waals surface area contributed by atoms with E-state index in [0.29, 0.717) is 16.4 Å². The molecule has 2 heterocycles. The van der Waals surface area contributed by atoms with Crippen LogP contribution in [0.5, 0.6) is 0 Å². The second-order valence-electron chi connectivity index (χ2n) is 3.29. The fraction of sp³-hybridized carbons (Fsp3) is 0.100. The molecule has 0 aliphatic carbocycles. The van der Waals surface area contributed by atoms with Gasteiger partial charge in [-0.1, -0.05) is 11.6 Å². The van der Waals surface area contributed by atoms with Crippen LogP contribution in [-0.4, -0.2) is 27.7 Å². The number of carbonyl (C=O) groups is 1. The molecule has 0 aromatic carbocycles. The van der Waals surface area contributed by atoms with Gasteiger partial charge in [0.05, 0.1) is 11.9 Å². The maximum Gasteiger partial charge on any atom is 0.269 e. The predicted octanol–water partition coefficient (Wildman–Crippen LogP) is 0.863. The molecular formula is C10H10ClN5O. The number of nitrogens with zero attached hydrogens (tertiary/aromatic N) is 3. The van der Waals surface area contributed by atoms with Crippen LogP contribution in [-0.2, 0) is 0 Å². The zero-order chi connectivity index (χ0) is 12.4. The summed E-state index contributed by atoms with van der Waals surface area (Å²) in [5, 5.41) is 6.87. The third-order valence-electron chi connectivity index (χ3n) is 2.16. The summed E-state index contributed by atoms with van der Waals surface area (Å²) in [6.07, 6.45) is 3.09. The molecule has 6 nitrogen and oxygen atoms in total. The largest absolute Gasteiger partial charge is 0.381 e. The fourth-order valence-corrected chi connectivity index (χ4v) is 1.44. The molecule has 0 spiro atoms. The van der Waals surface area contributed by atoms with Crippen LogP contribution in [0.15, 0.2) is 24.5 Å². The van der Waals surface area contributed by atoms with Crippen molar-refractivity contribution in [2.45, 2.75) is 0 Å². The van der Waals surface area contributed by atoms with E-state index in [-0.39, 0.29) is 11.7 Å². The summed E-state index contributed by atoms with van der Waals surface area (Å²) in [6.45, 7) is 0. The summed E-state index contributed by atoms with van der Waals surface area (Å²) < 4.78 is 1.49. The Morgan fingerprint density at radius 2 is 2.35 bits per heavy atom. The van der Waals surface area contributed by atoms with E-state index in [1.165, 1.54) is 10.9 Å². The standard InChI is InChI=1S/C10H10ClN5O/c1-13-10(17)8-4-6(2-3-14-8)16-5-7(11)9(12)15-16/h2-5H,1H3,(H2,12,15)(H,13,17). The van der Waals surface area contributed by atoms with Gasteiger partial charge in [0.15, 0.2) is 5.82 Å². The number of rotatable bonds is 2. The summed E-state index contributed by atoms with van der Waals surface area (Å²) in [5.41, 5.74) is 6.51. The zero-order valence-corrected chi connectivity index (χ0v) is 9.77. The Bertz CT molecular complexity index is 546. The number of nitrogens with two attached hydrogens (primary N) is 1. The van der Waals surface area contributed by atoms with Crippen LogP contribution in [0.3, 0.4) is 0 Å². The van der Waals surface area contributed by atoms with E-state index in [1.807, 2.05) is 0 Å². The second kappa shape index (κ2) is 4.42. The van der Waals surface area contributed by atoms with Gasteiger partial charge in [0, 0.05) is 13.2 Å². The van der Waals surface area contributed by atoms with Crippen LogP contribution in [0.25, 0.3) is 5.69 Å². The first kappa shape index (κ1) is 11.4. The molecule has 0 radical (unpaired) electrons. The van der Waals surface area contributed by atoms with Crippen LogP contribution in [0.2, 0.25) is 5.02 Å². The summed E-state index contributed by atoms with van der Waals surface area (Å²) in [7, 11) is 1.54. The summed E-state index contributed by atoms with van der Waals surface area (Å²) in [6, 6.07) is 3.30. The number of nitrogens with one attached hydrogen (secondary N) is 1. The van der Waals surface area contributed by atoms with Crippen LogP contribution in [0, 0.1) is 0 Å². The van der Waals surface area contributed by atoms with Gasteiger partial charge in [-0.3, -0.25) is 9.78 Å². The summed E-state index contributed by atoms with van der Waals surface area (Å²) in [4.78, 5) is 15.4. The highest BCUT2D eigenvalue weighted by molar-refractivity contribution is 6.32. The van der Waals surface area contributed by atoms with Crippen molar-refractivity contribution in [2.24, 2.45) is 0 Å². The minimum absolute atomic E-state index is 0.241. The van der Waals surface area contributed by atoms with Gasteiger partial charge in [0.25, 0.3) is 5.91 Å². The van der Waals surface area contributed by atoms with Crippen molar-refractivity contribution < 1.29 is 4.79 Å². The van der Waals surface area contributed by atoms with Crippen molar-refractivity contribution in [3.63, 3.8) is 0 Å². The number of halogens is 1. The lowest BCUT2D eigenvalue weighted by Crippen LogP contribution is -2.19. The van der Waals surface area contributed by atoms with Crippen LogP contribution in [0.4, 0.5) is 5.82 Å². The molecule has 88 valence electrons. The van der Waals surface area contributed by atoms with Gasteiger partial charge in [-0.05, 0) is 12.1 Å². The molecule has 3 N–H and O–H groups in total. The first-order valence-electron chi connectivity index (χ1n) is 4.81. The van der Waals surface area contributed by atoms with Gasteiger partial charge in [0.1, 0.15) is 10.7 Å². The molecule has 0 unspecified atom stereocenters. The van der Waals surface area contributed by atoms with Gasteiger partial charge in [-0.25, -0.2) is 4.68 Å². The number of hydrogen-bond donors (Lipinski definition) is 2. The molecule has 2 aromatic heterocycles. The van der Waals surface area contributed by atoms with Gasteiger partial charge in [0.2, 0.25) is 0 Å². The molecular weight excluding hydrogens is 242 g/mol. The Morgan fingerprint density at radius 1 is 1.59 bits per heavy atom. The number of anilines is 1. The Kier molecular flexibility index (Phi) is 2.97. The van der Waals surface area contributed by atoms with E-state index < -0.39 is 0 Å². The maximum absolute atomic E-state index is 11.4. The van der Waals surface area contributed by atoms with E-state index in [2.05, 4.69) is 15.4 Å². The van der Waals surface area contributed by atoms with Gasteiger partial charge < -0.3 is 11.1 Å². The van der Waals surface area contributed by atoms with Crippen molar-refractivity contribution >= 4 is 23.3 Å². The third kappa shape index (κ3) is 2.21. The van der Waals surface area contributed by atoms with Crippen molar-refractivity contribution in [2.75, 3.05) is 12.8 Å². The highest BCUT2D eigenvalue weighted by atomic mass is 35.5. The lowest BCUT2D eigenvalue weighted by Gasteiger charge is -2.03. The van der Waals surface area contributed by atoms with E-state index in [9.17, 15) is 4.79 Å². The third-order valence-corrected chi connectivity index (χ3v) is 2.45. The summed E-state index contributed by atoms with van der Waals surface area (Å²) >= 11 is 5.81. The lowest BCUT2D eigenvalue weighted by molar-refractivity contribution is 0.0958. The number of amides is 1. The van der Waals surface area contributed by atoms with Crippen molar-refractivity contribution in [1.29, 1.82) is 0 Å². The van der Waals surface area contributed by atoms with Crippen molar-refractivity contribution in [3.05, 3.63) is 35.2 Å². The minimum Gasteiger partial charge on any atom is -0.381 e.